The van der Waals surface area contributed by atoms with Crippen molar-refractivity contribution < 1.29 is 13.2 Å². The SMILES string of the molecule is CN=C(NCCc1cc(F)ccc1F)NCc1cccc(F)c1. The highest BCUT2D eigenvalue weighted by molar-refractivity contribution is 5.79. The standard InChI is InChI=1S/C17H18F3N3/c1-21-17(23-11-12-3-2-4-14(18)9-12)22-8-7-13-10-15(19)5-6-16(13)20/h2-6,9-10H,7-8,11H2,1H3,(H2,21,22,23). The van der Waals surface area contributed by atoms with Gasteiger partial charge in [-0.25, -0.2) is 13.2 Å². The fourth-order valence-electron chi connectivity index (χ4n) is 2.10. The zero-order chi connectivity index (χ0) is 16.7. The molecule has 0 saturated heterocycles. The predicted octanol–water partition coefficient (Wildman–Crippen LogP) is 3.01. The van der Waals surface area contributed by atoms with Crippen LogP contribution >= 0.6 is 0 Å². The lowest BCUT2D eigenvalue weighted by molar-refractivity contribution is 0.583. The summed E-state index contributed by atoms with van der Waals surface area (Å²) in [5.41, 5.74) is 1.09. The van der Waals surface area contributed by atoms with Gasteiger partial charge in [-0.1, -0.05) is 12.1 Å². The van der Waals surface area contributed by atoms with Crippen LogP contribution in [0.3, 0.4) is 0 Å². The molecule has 0 spiro atoms. The number of hydrogen-bond donors (Lipinski definition) is 2. The Morgan fingerprint density at radius 1 is 1.00 bits per heavy atom. The molecule has 0 amide bonds. The summed E-state index contributed by atoms with van der Waals surface area (Å²) < 4.78 is 39.7. The number of nitrogens with one attached hydrogen (secondary N) is 2. The Morgan fingerprint density at radius 3 is 2.52 bits per heavy atom. The van der Waals surface area contributed by atoms with Crippen molar-refractivity contribution in [3.8, 4) is 0 Å². The van der Waals surface area contributed by atoms with Gasteiger partial charge in [0.25, 0.3) is 0 Å². The van der Waals surface area contributed by atoms with Crippen LogP contribution in [-0.4, -0.2) is 19.6 Å². The molecule has 0 heterocycles. The highest BCUT2D eigenvalue weighted by Crippen LogP contribution is 2.09. The number of halogens is 3. The molecule has 0 fully saturated rings. The van der Waals surface area contributed by atoms with Crippen LogP contribution in [0.25, 0.3) is 0 Å². The lowest BCUT2D eigenvalue weighted by Gasteiger charge is -2.12. The third-order valence-electron chi connectivity index (χ3n) is 3.27. The van der Waals surface area contributed by atoms with Crippen LogP contribution in [0.2, 0.25) is 0 Å². The van der Waals surface area contributed by atoms with Crippen molar-refractivity contribution in [2.45, 2.75) is 13.0 Å². The second-order valence-corrected chi connectivity index (χ2v) is 4.97. The van der Waals surface area contributed by atoms with E-state index in [0.717, 1.165) is 17.7 Å². The summed E-state index contributed by atoms with van der Waals surface area (Å²) in [5.74, 6) is -0.689. The van der Waals surface area contributed by atoms with Crippen LogP contribution in [0.5, 0.6) is 0 Å². The molecule has 0 aliphatic heterocycles. The number of guanidine groups is 1. The van der Waals surface area contributed by atoms with Crippen LogP contribution < -0.4 is 10.6 Å². The first-order chi connectivity index (χ1) is 11.1. The molecule has 6 heteroatoms. The molecule has 2 N–H and O–H groups in total. The minimum absolute atomic E-state index is 0.297. The Bertz CT molecular complexity index is 687. The van der Waals surface area contributed by atoms with E-state index in [9.17, 15) is 13.2 Å². The lowest BCUT2D eigenvalue weighted by atomic mass is 10.1. The van der Waals surface area contributed by atoms with Crippen molar-refractivity contribution in [3.63, 3.8) is 0 Å². The van der Waals surface area contributed by atoms with Gasteiger partial charge in [0.2, 0.25) is 0 Å². The van der Waals surface area contributed by atoms with E-state index in [1.807, 2.05) is 0 Å². The maximum absolute atomic E-state index is 13.5. The minimum Gasteiger partial charge on any atom is -0.356 e. The van der Waals surface area contributed by atoms with Crippen molar-refractivity contribution in [2.75, 3.05) is 13.6 Å². The van der Waals surface area contributed by atoms with Crippen LogP contribution in [0.4, 0.5) is 13.2 Å². The number of nitrogens with zero attached hydrogens (tertiary/aromatic N) is 1. The molecule has 0 aliphatic rings. The van der Waals surface area contributed by atoms with Gasteiger partial charge in [-0.05, 0) is 47.9 Å². The molecule has 3 nitrogen and oxygen atoms in total. The normalized spacial score (nSPS) is 11.4. The maximum Gasteiger partial charge on any atom is 0.191 e. The zero-order valence-corrected chi connectivity index (χ0v) is 12.7. The summed E-state index contributed by atoms with van der Waals surface area (Å²) in [6.45, 7) is 0.801. The van der Waals surface area contributed by atoms with E-state index < -0.39 is 11.6 Å². The first-order valence-electron chi connectivity index (χ1n) is 7.21. The van der Waals surface area contributed by atoms with Crippen molar-refractivity contribution in [1.29, 1.82) is 0 Å². The molecule has 2 aromatic carbocycles. The Labute approximate surface area is 133 Å². The van der Waals surface area contributed by atoms with Crippen molar-refractivity contribution in [3.05, 3.63) is 71.0 Å². The smallest absolute Gasteiger partial charge is 0.191 e. The van der Waals surface area contributed by atoms with E-state index in [-0.39, 0.29) is 5.82 Å². The number of aliphatic imine (C=N–C) groups is 1. The van der Waals surface area contributed by atoms with Gasteiger partial charge in [-0.2, -0.15) is 0 Å². The van der Waals surface area contributed by atoms with E-state index in [2.05, 4.69) is 15.6 Å². The molecule has 23 heavy (non-hydrogen) atoms. The Kier molecular flexibility index (Phi) is 6.02. The Morgan fingerprint density at radius 2 is 1.78 bits per heavy atom. The van der Waals surface area contributed by atoms with E-state index in [1.165, 1.54) is 18.2 Å². The second-order valence-electron chi connectivity index (χ2n) is 4.97. The van der Waals surface area contributed by atoms with Crippen molar-refractivity contribution in [2.24, 2.45) is 4.99 Å². The maximum atomic E-state index is 13.5. The molecule has 0 radical (unpaired) electrons. The van der Waals surface area contributed by atoms with Gasteiger partial charge in [-0.15, -0.1) is 0 Å². The quantitative estimate of drug-likeness (QED) is 0.656. The molecule has 0 saturated carbocycles. The highest BCUT2D eigenvalue weighted by Gasteiger charge is 2.05. The van der Waals surface area contributed by atoms with Crippen molar-refractivity contribution >= 4 is 5.96 Å². The van der Waals surface area contributed by atoms with Gasteiger partial charge >= 0.3 is 0 Å². The monoisotopic (exact) mass is 321 g/mol. The fourth-order valence-corrected chi connectivity index (χ4v) is 2.10. The molecule has 122 valence electrons. The second kappa shape index (κ2) is 8.22. The average Bonchev–Trinajstić information content (AvgIpc) is 2.54. The Balaban J connectivity index is 1.82. The first-order valence-corrected chi connectivity index (χ1v) is 7.21. The summed E-state index contributed by atoms with van der Waals surface area (Å²) in [6, 6.07) is 9.63. The molecule has 2 aromatic rings. The third-order valence-corrected chi connectivity index (χ3v) is 3.27. The van der Waals surface area contributed by atoms with Gasteiger partial charge in [-0.3, -0.25) is 4.99 Å². The summed E-state index contributed by atoms with van der Waals surface area (Å²) in [7, 11) is 1.60. The van der Waals surface area contributed by atoms with Crippen molar-refractivity contribution in [1.82, 2.24) is 10.6 Å². The predicted molar refractivity (Wildman–Crippen MR) is 84.7 cm³/mol. The van der Waals surface area contributed by atoms with Gasteiger partial charge in [0.1, 0.15) is 17.5 Å². The Hall–Kier alpha value is -2.50. The molecular formula is C17H18F3N3. The fraction of sp³-hybridized carbons (Fsp3) is 0.235. The molecule has 0 bridgehead atoms. The van der Waals surface area contributed by atoms with E-state index >= 15 is 0 Å². The van der Waals surface area contributed by atoms with Gasteiger partial charge in [0.15, 0.2) is 5.96 Å². The molecule has 0 unspecified atom stereocenters. The first kappa shape index (κ1) is 16.9. The lowest BCUT2D eigenvalue weighted by Crippen LogP contribution is -2.37. The molecule has 0 atom stereocenters. The van der Waals surface area contributed by atoms with Crippen LogP contribution in [0.15, 0.2) is 47.5 Å². The van der Waals surface area contributed by atoms with E-state index in [1.54, 1.807) is 19.2 Å². The van der Waals surface area contributed by atoms with Crippen LogP contribution in [0, 0.1) is 17.5 Å². The van der Waals surface area contributed by atoms with Gasteiger partial charge in [0.05, 0.1) is 0 Å². The molecule has 0 aliphatic carbocycles. The number of benzene rings is 2. The summed E-state index contributed by atoms with van der Waals surface area (Å²) in [4.78, 5) is 4.03. The van der Waals surface area contributed by atoms with E-state index in [0.29, 0.717) is 31.0 Å². The molecule has 0 aromatic heterocycles. The minimum atomic E-state index is -0.463. The number of rotatable bonds is 5. The van der Waals surface area contributed by atoms with Crippen LogP contribution in [0.1, 0.15) is 11.1 Å². The van der Waals surface area contributed by atoms with Gasteiger partial charge < -0.3 is 10.6 Å². The topological polar surface area (TPSA) is 36.4 Å². The average molecular weight is 321 g/mol. The summed E-state index contributed by atoms with van der Waals surface area (Å²) in [5, 5.41) is 6.04. The molecular weight excluding hydrogens is 303 g/mol. The molecule has 2 rings (SSSR count). The third kappa shape index (κ3) is 5.32. The zero-order valence-electron chi connectivity index (χ0n) is 12.7. The van der Waals surface area contributed by atoms with E-state index in [4.69, 9.17) is 0 Å². The largest absolute Gasteiger partial charge is 0.356 e. The van der Waals surface area contributed by atoms with Gasteiger partial charge in [0, 0.05) is 20.1 Å². The summed E-state index contributed by atoms with van der Waals surface area (Å²) >= 11 is 0. The summed E-state index contributed by atoms with van der Waals surface area (Å²) in [6.07, 6.45) is 0.324. The number of hydrogen-bond acceptors (Lipinski definition) is 1. The van der Waals surface area contributed by atoms with Crippen LogP contribution in [-0.2, 0) is 13.0 Å². The highest BCUT2D eigenvalue weighted by atomic mass is 19.1.